The topological polar surface area (TPSA) is 88.5 Å². The second kappa shape index (κ2) is 12.7. The van der Waals surface area contributed by atoms with Crippen LogP contribution in [0.25, 0.3) is 33.2 Å². The number of aromatic amines is 1. The molecular weight excluding hydrogens is 605 g/mol. The van der Waals surface area contributed by atoms with E-state index < -0.39 is 5.54 Å². The predicted molar refractivity (Wildman–Crippen MR) is 194 cm³/mol. The largest absolute Gasteiger partial charge is 0.349 e. The van der Waals surface area contributed by atoms with Crippen LogP contribution < -0.4 is 5.32 Å². The van der Waals surface area contributed by atoms with Crippen molar-refractivity contribution in [2.75, 3.05) is 6.54 Å². The highest BCUT2D eigenvalue weighted by Crippen LogP contribution is 2.44. The molecule has 0 saturated heterocycles. The normalized spacial score (nSPS) is 12.3. The van der Waals surface area contributed by atoms with Crippen LogP contribution in [-0.4, -0.2) is 37.2 Å². The lowest BCUT2D eigenvalue weighted by Gasteiger charge is -2.37. The summed E-state index contributed by atoms with van der Waals surface area (Å²) >= 11 is 0. The van der Waals surface area contributed by atoms with E-state index in [0.29, 0.717) is 12.1 Å². The molecule has 0 bridgehead atoms. The Morgan fingerprint density at radius 3 is 1.88 bits per heavy atom. The molecule has 49 heavy (non-hydrogen) atoms. The number of aromatic nitrogens is 5. The van der Waals surface area contributed by atoms with Gasteiger partial charge in [0.05, 0.1) is 16.6 Å². The summed E-state index contributed by atoms with van der Waals surface area (Å²) in [7, 11) is 0. The summed E-state index contributed by atoms with van der Waals surface area (Å²) < 4.78 is 2.14. The standard InChI is InChI=1S/C42H34N6O/c1-29(30-14-6-2-7-15-30)28-44-41(49)40-45-36-26-35-38(27-37(36)46-40)48(47-39(35)31-22-24-43-25-23-31)42(32-16-8-3-9-17-32,33-18-10-4-11-19-33)34-20-12-5-13-21-34/h2-27,29H,28H2,1H3,(H,44,49)(H,45,46). The summed E-state index contributed by atoms with van der Waals surface area (Å²) in [5.74, 6) is 0.188. The number of H-pyrrole nitrogens is 1. The first-order valence-electron chi connectivity index (χ1n) is 16.5. The minimum Gasteiger partial charge on any atom is -0.349 e. The fourth-order valence-corrected chi connectivity index (χ4v) is 6.84. The van der Waals surface area contributed by atoms with Gasteiger partial charge in [-0.1, -0.05) is 128 Å². The monoisotopic (exact) mass is 638 g/mol. The van der Waals surface area contributed by atoms with Gasteiger partial charge in [-0.3, -0.25) is 9.78 Å². The van der Waals surface area contributed by atoms with Gasteiger partial charge in [0.2, 0.25) is 0 Å². The molecule has 8 aromatic rings. The predicted octanol–water partition coefficient (Wildman–Crippen LogP) is 8.35. The molecule has 1 atom stereocenters. The van der Waals surface area contributed by atoms with Crippen LogP contribution in [0.5, 0.6) is 0 Å². The lowest BCUT2D eigenvalue weighted by molar-refractivity contribution is 0.0942. The lowest BCUT2D eigenvalue weighted by Crippen LogP contribution is -2.38. The number of imidazole rings is 1. The van der Waals surface area contributed by atoms with Crippen LogP contribution in [0.2, 0.25) is 0 Å². The van der Waals surface area contributed by atoms with Gasteiger partial charge in [-0.15, -0.1) is 0 Å². The van der Waals surface area contributed by atoms with Crippen molar-refractivity contribution in [1.29, 1.82) is 0 Å². The van der Waals surface area contributed by atoms with Crippen LogP contribution in [0.1, 0.15) is 45.7 Å². The van der Waals surface area contributed by atoms with Crippen LogP contribution in [0.3, 0.4) is 0 Å². The molecule has 7 heteroatoms. The number of nitrogens with one attached hydrogen (secondary N) is 2. The molecule has 3 heterocycles. The van der Waals surface area contributed by atoms with Crippen LogP contribution in [0.4, 0.5) is 0 Å². The van der Waals surface area contributed by atoms with Crippen LogP contribution in [0.15, 0.2) is 158 Å². The maximum atomic E-state index is 13.4. The van der Waals surface area contributed by atoms with Gasteiger partial charge in [-0.25, -0.2) is 9.67 Å². The number of hydrogen-bond donors (Lipinski definition) is 2. The molecule has 1 amide bonds. The van der Waals surface area contributed by atoms with Crippen molar-refractivity contribution < 1.29 is 4.79 Å². The van der Waals surface area contributed by atoms with E-state index in [1.165, 1.54) is 5.56 Å². The number of amides is 1. The molecular formula is C42H34N6O. The van der Waals surface area contributed by atoms with Crippen molar-refractivity contribution in [1.82, 2.24) is 30.0 Å². The van der Waals surface area contributed by atoms with Gasteiger partial charge in [-0.2, -0.15) is 5.10 Å². The van der Waals surface area contributed by atoms with Crippen LogP contribution in [-0.2, 0) is 5.54 Å². The van der Waals surface area contributed by atoms with Gasteiger partial charge in [0.1, 0.15) is 11.2 Å². The van der Waals surface area contributed by atoms with Crippen molar-refractivity contribution >= 4 is 27.8 Å². The molecule has 8 rings (SSSR count). The fraction of sp³-hybridized carbons (Fsp3) is 0.0952. The van der Waals surface area contributed by atoms with Crippen molar-refractivity contribution in [3.63, 3.8) is 0 Å². The summed E-state index contributed by atoms with van der Waals surface area (Å²) in [6.07, 6.45) is 3.57. The average Bonchev–Trinajstić information content (AvgIpc) is 3.77. The summed E-state index contributed by atoms with van der Waals surface area (Å²) in [5.41, 5.74) is 7.60. The number of rotatable bonds is 9. The Bertz CT molecular complexity index is 2260. The average molecular weight is 639 g/mol. The van der Waals surface area contributed by atoms with Crippen molar-refractivity contribution in [3.05, 3.63) is 186 Å². The quantitative estimate of drug-likeness (QED) is 0.156. The van der Waals surface area contributed by atoms with Crippen molar-refractivity contribution in [2.45, 2.75) is 18.4 Å². The second-order valence-electron chi connectivity index (χ2n) is 12.3. The van der Waals surface area contributed by atoms with E-state index in [0.717, 1.165) is 44.4 Å². The van der Waals surface area contributed by atoms with Gasteiger partial charge in [0.15, 0.2) is 5.82 Å². The minimum atomic E-state index is -0.839. The molecule has 0 spiro atoms. The highest BCUT2D eigenvalue weighted by atomic mass is 16.2. The van der Waals surface area contributed by atoms with E-state index in [1.807, 2.05) is 54.6 Å². The molecule has 0 aliphatic heterocycles. The van der Waals surface area contributed by atoms with E-state index in [9.17, 15) is 4.79 Å². The zero-order valence-electron chi connectivity index (χ0n) is 27.0. The van der Waals surface area contributed by atoms with Gasteiger partial charge >= 0.3 is 0 Å². The minimum absolute atomic E-state index is 0.160. The number of carbonyl (C=O) groups excluding carboxylic acids is 1. The highest BCUT2D eigenvalue weighted by Gasteiger charge is 2.41. The Morgan fingerprint density at radius 2 is 1.31 bits per heavy atom. The molecule has 0 aliphatic carbocycles. The third kappa shape index (κ3) is 5.35. The van der Waals surface area contributed by atoms with Crippen LogP contribution in [0, 0.1) is 0 Å². The smallest absolute Gasteiger partial charge is 0.287 e. The number of carbonyl (C=O) groups is 1. The molecule has 238 valence electrons. The molecule has 3 aromatic heterocycles. The first kappa shape index (κ1) is 30.0. The van der Waals surface area contributed by atoms with E-state index in [-0.39, 0.29) is 17.6 Å². The Hall–Kier alpha value is -6.34. The Morgan fingerprint density at radius 1 is 0.755 bits per heavy atom. The molecule has 2 N–H and O–H groups in total. The van der Waals surface area contributed by atoms with Crippen molar-refractivity contribution in [3.8, 4) is 11.3 Å². The Labute approximate surface area is 284 Å². The SMILES string of the molecule is CC(CNC(=O)c1nc2cc3c(-c4ccncc4)nn(C(c4ccccc4)(c4ccccc4)c4ccccc4)c3cc2[nH]1)c1ccccc1. The zero-order valence-corrected chi connectivity index (χ0v) is 27.0. The molecule has 1 unspecified atom stereocenters. The summed E-state index contributed by atoms with van der Waals surface area (Å²) in [6.45, 7) is 2.60. The number of pyridine rings is 1. The molecule has 0 saturated carbocycles. The fourth-order valence-electron chi connectivity index (χ4n) is 6.84. The number of fused-ring (bicyclic) bond motifs is 2. The van der Waals surface area contributed by atoms with E-state index >= 15 is 0 Å². The van der Waals surface area contributed by atoms with Crippen LogP contribution >= 0.6 is 0 Å². The Balaban J connectivity index is 1.34. The molecule has 0 aliphatic rings. The summed E-state index contributed by atoms with van der Waals surface area (Å²) in [5, 5.41) is 9.46. The number of benzene rings is 5. The second-order valence-corrected chi connectivity index (χ2v) is 12.3. The number of hydrogen-bond acceptors (Lipinski definition) is 4. The molecule has 5 aromatic carbocycles. The first-order valence-corrected chi connectivity index (χ1v) is 16.5. The lowest BCUT2D eigenvalue weighted by atomic mass is 9.77. The van der Waals surface area contributed by atoms with E-state index in [2.05, 4.69) is 118 Å². The Kier molecular flexibility index (Phi) is 7.78. The van der Waals surface area contributed by atoms with Gasteiger partial charge in [0, 0.05) is 29.9 Å². The zero-order chi connectivity index (χ0) is 33.2. The number of nitrogens with zero attached hydrogens (tertiary/aromatic N) is 4. The third-order valence-electron chi connectivity index (χ3n) is 9.28. The maximum Gasteiger partial charge on any atom is 0.287 e. The molecule has 0 radical (unpaired) electrons. The third-order valence-corrected chi connectivity index (χ3v) is 9.28. The first-order chi connectivity index (χ1) is 24.1. The van der Waals surface area contributed by atoms with Gasteiger partial charge in [0.25, 0.3) is 5.91 Å². The van der Waals surface area contributed by atoms with Crippen molar-refractivity contribution in [2.24, 2.45) is 0 Å². The summed E-state index contributed by atoms with van der Waals surface area (Å²) in [4.78, 5) is 25.8. The summed E-state index contributed by atoms with van der Waals surface area (Å²) in [6, 6.07) is 49.7. The van der Waals surface area contributed by atoms with E-state index in [4.69, 9.17) is 10.1 Å². The van der Waals surface area contributed by atoms with Gasteiger partial charge in [-0.05, 0) is 52.4 Å². The molecule has 7 nitrogen and oxygen atoms in total. The van der Waals surface area contributed by atoms with Gasteiger partial charge < -0.3 is 10.3 Å². The highest BCUT2D eigenvalue weighted by molar-refractivity contribution is 6.03. The van der Waals surface area contributed by atoms with E-state index in [1.54, 1.807) is 12.4 Å². The maximum absolute atomic E-state index is 13.4. The molecule has 0 fully saturated rings.